The van der Waals surface area contributed by atoms with E-state index in [2.05, 4.69) is 36.6 Å². The average molecular weight is 439 g/mol. The summed E-state index contributed by atoms with van der Waals surface area (Å²) in [7, 11) is 0. The summed E-state index contributed by atoms with van der Waals surface area (Å²) in [6.07, 6.45) is -1.36. The molecule has 0 amide bonds. The molecule has 2 N–H and O–H groups in total. The Labute approximate surface area is 182 Å². The van der Waals surface area contributed by atoms with Crippen molar-refractivity contribution in [2.24, 2.45) is 0 Å². The molecule has 3 aromatic rings. The number of nitrogens with one attached hydrogen (secondary N) is 2. The maximum absolute atomic E-state index is 13.1. The van der Waals surface area contributed by atoms with Crippen LogP contribution in [0.4, 0.5) is 30.6 Å². The Bertz CT molecular complexity index is 1180. The molecule has 32 heavy (non-hydrogen) atoms. The molecule has 0 aromatic carbocycles. The number of pyridine rings is 2. The van der Waals surface area contributed by atoms with Gasteiger partial charge in [-0.3, -0.25) is 0 Å². The van der Waals surface area contributed by atoms with Crippen molar-refractivity contribution in [1.29, 1.82) is 5.26 Å². The maximum atomic E-state index is 13.1. The second kappa shape index (κ2) is 8.07. The average Bonchev–Trinajstić information content (AvgIpc) is 3.54. The van der Waals surface area contributed by atoms with Gasteiger partial charge in [0.05, 0.1) is 11.5 Å². The van der Waals surface area contributed by atoms with Crippen LogP contribution in [0, 0.1) is 11.3 Å². The van der Waals surface area contributed by atoms with E-state index in [1.54, 1.807) is 18.3 Å². The van der Waals surface area contributed by atoms with Crippen LogP contribution < -0.4 is 10.6 Å². The van der Waals surface area contributed by atoms with E-state index in [0.29, 0.717) is 17.5 Å². The number of halogens is 3. The summed E-state index contributed by atoms with van der Waals surface area (Å²) in [5, 5.41) is 15.7. The van der Waals surface area contributed by atoms with Gasteiger partial charge in [-0.1, -0.05) is 6.07 Å². The summed E-state index contributed by atoms with van der Waals surface area (Å²) in [6, 6.07) is 11.2. The zero-order valence-electron chi connectivity index (χ0n) is 17.4. The van der Waals surface area contributed by atoms with Crippen LogP contribution in [0.2, 0.25) is 0 Å². The van der Waals surface area contributed by atoms with E-state index < -0.39 is 17.3 Å². The number of alkyl halides is 3. The zero-order chi connectivity index (χ0) is 22.9. The second-order valence-corrected chi connectivity index (χ2v) is 7.92. The molecule has 1 aliphatic carbocycles. The first-order valence-corrected chi connectivity index (χ1v) is 10.0. The van der Waals surface area contributed by atoms with Crippen molar-refractivity contribution in [3.05, 3.63) is 53.9 Å². The van der Waals surface area contributed by atoms with Gasteiger partial charge >= 0.3 is 6.18 Å². The molecular formula is C22H20F3N7. The SMILES string of the molecule is CC(C)Nc1cc(Nc2cc(C3(C#N)CC3)ccn2)nc(-c2cccc(C(F)(F)F)n2)n1. The molecule has 1 aliphatic rings. The molecule has 0 aliphatic heterocycles. The Hall–Kier alpha value is -3.74. The van der Waals surface area contributed by atoms with E-state index in [1.165, 1.54) is 12.1 Å². The summed E-state index contributed by atoms with van der Waals surface area (Å²) in [5.41, 5.74) is -0.621. The van der Waals surface area contributed by atoms with Crippen LogP contribution in [0.1, 0.15) is 37.9 Å². The molecule has 4 rings (SSSR count). The molecule has 0 unspecified atom stereocenters. The van der Waals surface area contributed by atoms with E-state index >= 15 is 0 Å². The minimum Gasteiger partial charge on any atom is -0.368 e. The normalized spacial score (nSPS) is 14.7. The van der Waals surface area contributed by atoms with Gasteiger partial charge in [0.15, 0.2) is 5.82 Å². The fourth-order valence-electron chi connectivity index (χ4n) is 3.23. The van der Waals surface area contributed by atoms with Crippen LogP contribution in [0.15, 0.2) is 42.6 Å². The lowest BCUT2D eigenvalue weighted by molar-refractivity contribution is -0.141. The molecule has 164 valence electrons. The van der Waals surface area contributed by atoms with Gasteiger partial charge in [-0.25, -0.2) is 19.9 Å². The highest BCUT2D eigenvalue weighted by atomic mass is 19.4. The van der Waals surface area contributed by atoms with Crippen LogP contribution in [0.25, 0.3) is 11.5 Å². The molecule has 1 fully saturated rings. The van der Waals surface area contributed by atoms with Crippen LogP contribution in [-0.2, 0) is 11.6 Å². The lowest BCUT2D eigenvalue weighted by atomic mass is 9.99. The molecule has 0 atom stereocenters. The number of hydrogen-bond acceptors (Lipinski definition) is 7. The number of rotatable bonds is 6. The highest BCUT2D eigenvalue weighted by molar-refractivity contribution is 5.63. The molecule has 3 heterocycles. The highest BCUT2D eigenvalue weighted by Gasteiger charge is 2.45. The maximum Gasteiger partial charge on any atom is 0.433 e. The van der Waals surface area contributed by atoms with Crippen molar-refractivity contribution in [3.63, 3.8) is 0 Å². The van der Waals surface area contributed by atoms with Gasteiger partial charge in [0, 0.05) is 18.3 Å². The highest BCUT2D eigenvalue weighted by Crippen LogP contribution is 2.47. The fraction of sp³-hybridized carbons (Fsp3) is 0.318. The number of nitriles is 1. The third kappa shape index (κ3) is 4.61. The largest absolute Gasteiger partial charge is 0.433 e. The third-order valence-electron chi connectivity index (χ3n) is 4.96. The Kier molecular flexibility index (Phi) is 5.42. The summed E-state index contributed by atoms with van der Waals surface area (Å²) in [6.45, 7) is 3.83. The smallest absolute Gasteiger partial charge is 0.368 e. The first-order chi connectivity index (χ1) is 15.2. The van der Waals surface area contributed by atoms with Crippen LogP contribution in [0.5, 0.6) is 0 Å². The zero-order valence-corrected chi connectivity index (χ0v) is 17.4. The van der Waals surface area contributed by atoms with E-state index in [4.69, 9.17) is 0 Å². The lowest BCUT2D eigenvalue weighted by Gasteiger charge is -2.14. The van der Waals surface area contributed by atoms with Gasteiger partial charge in [-0.2, -0.15) is 18.4 Å². The standard InChI is InChI=1S/C22H20F3N7/c1-13(2)28-18-11-19(30-17-10-14(6-9-27-17)21(12-26)7-8-21)32-20(31-18)15-4-3-5-16(29-15)22(23,24)25/h3-6,9-11,13H,7-8H2,1-2H3,(H2,27,28,30,31,32). The predicted octanol–water partition coefficient (Wildman–Crippen LogP) is 5.07. The van der Waals surface area contributed by atoms with Gasteiger partial charge in [0.25, 0.3) is 0 Å². The number of aromatic nitrogens is 4. The van der Waals surface area contributed by atoms with Gasteiger partial charge in [-0.15, -0.1) is 0 Å². The summed E-state index contributed by atoms with van der Waals surface area (Å²) >= 11 is 0. The van der Waals surface area contributed by atoms with Crippen LogP contribution >= 0.6 is 0 Å². The minimum absolute atomic E-state index is 0.00148. The van der Waals surface area contributed by atoms with Crippen molar-refractivity contribution >= 4 is 17.5 Å². The molecule has 0 spiro atoms. The van der Waals surface area contributed by atoms with E-state index in [9.17, 15) is 18.4 Å². The van der Waals surface area contributed by atoms with Gasteiger partial charge in [-0.05, 0) is 56.5 Å². The van der Waals surface area contributed by atoms with Gasteiger partial charge in [0.2, 0.25) is 0 Å². The number of hydrogen-bond donors (Lipinski definition) is 2. The van der Waals surface area contributed by atoms with Crippen molar-refractivity contribution < 1.29 is 13.2 Å². The Morgan fingerprint density at radius 1 is 1.03 bits per heavy atom. The second-order valence-electron chi connectivity index (χ2n) is 7.92. The van der Waals surface area contributed by atoms with E-state index in [1.807, 2.05) is 19.9 Å². The Morgan fingerprint density at radius 3 is 2.44 bits per heavy atom. The van der Waals surface area contributed by atoms with Crippen molar-refractivity contribution in [3.8, 4) is 17.6 Å². The molecule has 3 aromatic heterocycles. The summed E-state index contributed by atoms with van der Waals surface area (Å²) in [4.78, 5) is 16.7. The fourth-order valence-corrected chi connectivity index (χ4v) is 3.23. The van der Waals surface area contributed by atoms with Crippen LogP contribution in [0.3, 0.4) is 0 Å². The van der Waals surface area contributed by atoms with E-state index in [-0.39, 0.29) is 17.6 Å². The van der Waals surface area contributed by atoms with Crippen molar-refractivity contribution in [2.75, 3.05) is 10.6 Å². The van der Waals surface area contributed by atoms with Crippen LogP contribution in [-0.4, -0.2) is 26.0 Å². The monoisotopic (exact) mass is 439 g/mol. The van der Waals surface area contributed by atoms with E-state index in [0.717, 1.165) is 24.5 Å². The quantitative estimate of drug-likeness (QED) is 0.553. The molecule has 7 nitrogen and oxygen atoms in total. The first-order valence-electron chi connectivity index (χ1n) is 10.0. The first kappa shape index (κ1) is 21.5. The molecular weight excluding hydrogens is 419 g/mol. The minimum atomic E-state index is -4.57. The topological polar surface area (TPSA) is 99.4 Å². The van der Waals surface area contributed by atoms with Crippen molar-refractivity contribution in [2.45, 2.75) is 44.3 Å². The lowest BCUT2D eigenvalue weighted by Crippen LogP contribution is -2.13. The summed E-state index contributed by atoms with van der Waals surface area (Å²) < 4.78 is 39.3. The Balaban J connectivity index is 1.71. The molecule has 1 saturated carbocycles. The Morgan fingerprint density at radius 2 is 1.78 bits per heavy atom. The van der Waals surface area contributed by atoms with Gasteiger partial charge < -0.3 is 10.6 Å². The molecule has 10 heteroatoms. The number of anilines is 3. The molecule has 0 radical (unpaired) electrons. The molecule has 0 bridgehead atoms. The van der Waals surface area contributed by atoms with Gasteiger partial charge in [0.1, 0.15) is 28.8 Å². The number of nitrogens with zero attached hydrogens (tertiary/aromatic N) is 5. The molecule has 0 saturated heterocycles. The summed E-state index contributed by atoms with van der Waals surface area (Å²) in [5.74, 6) is 1.28. The predicted molar refractivity (Wildman–Crippen MR) is 113 cm³/mol. The third-order valence-corrected chi connectivity index (χ3v) is 4.96. The van der Waals surface area contributed by atoms with Crippen molar-refractivity contribution in [1.82, 2.24) is 19.9 Å².